The Morgan fingerprint density at radius 2 is 1.24 bits per heavy atom. The first kappa shape index (κ1) is 21.5. The fraction of sp³-hybridized carbons (Fsp3) is 0.0645. The van der Waals surface area contributed by atoms with Gasteiger partial charge in [0.25, 0.3) is 5.91 Å². The van der Waals surface area contributed by atoms with Crippen molar-refractivity contribution in [3.8, 4) is 16.8 Å². The lowest BCUT2D eigenvalue weighted by Gasteiger charge is -2.26. The standard InChI is InChI=1S/C31H26N2O/c34-31(29-19-9-10-20-30(29)32-21-11-12-22-32)33(23-25-13-3-1-4-14-25)24-27-17-7-8-18-28(27)26-15-5-2-6-16-26/h1-22H,23-24H2. The van der Waals surface area contributed by atoms with Crippen LogP contribution in [-0.4, -0.2) is 15.4 Å². The molecule has 0 spiro atoms. The Bertz CT molecular complexity index is 1360. The van der Waals surface area contributed by atoms with Gasteiger partial charge in [0.2, 0.25) is 0 Å². The van der Waals surface area contributed by atoms with Gasteiger partial charge in [0, 0.05) is 25.5 Å². The molecule has 166 valence electrons. The summed E-state index contributed by atoms with van der Waals surface area (Å²) in [5.41, 5.74) is 6.09. The number of para-hydroxylation sites is 1. The van der Waals surface area contributed by atoms with E-state index in [1.165, 1.54) is 0 Å². The average molecular weight is 443 g/mol. The molecule has 1 aromatic heterocycles. The summed E-state index contributed by atoms with van der Waals surface area (Å²) in [5, 5.41) is 0. The molecule has 0 atom stereocenters. The number of carbonyl (C=O) groups is 1. The van der Waals surface area contributed by atoms with Gasteiger partial charge in [-0.2, -0.15) is 0 Å². The van der Waals surface area contributed by atoms with Gasteiger partial charge in [0.1, 0.15) is 0 Å². The Labute approximate surface area is 200 Å². The zero-order chi connectivity index (χ0) is 23.2. The highest BCUT2D eigenvalue weighted by Crippen LogP contribution is 2.27. The Balaban J connectivity index is 1.54. The maximum absolute atomic E-state index is 14.0. The third-order valence-corrected chi connectivity index (χ3v) is 5.98. The summed E-state index contributed by atoms with van der Waals surface area (Å²) in [4.78, 5) is 16.0. The van der Waals surface area contributed by atoms with Crippen LogP contribution in [0.25, 0.3) is 16.8 Å². The highest BCUT2D eigenvalue weighted by molar-refractivity contribution is 5.98. The maximum Gasteiger partial charge on any atom is 0.256 e. The minimum atomic E-state index is 0.0102. The maximum atomic E-state index is 14.0. The van der Waals surface area contributed by atoms with E-state index in [0.29, 0.717) is 18.7 Å². The number of hydrogen-bond donors (Lipinski definition) is 0. The van der Waals surface area contributed by atoms with E-state index in [1.54, 1.807) is 0 Å². The molecule has 3 nitrogen and oxygen atoms in total. The lowest BCUT2D eigenvalue weighted by Crippen LogP contribution is -2.31. The van der Waals surface area contributed by atoms with Crippen LogP contribution in [0.4, 0.5) is 0 Å². The zero-order valence-corrected chi connectivity index (χ0v) is 18.9. The Morgan fingerprint density at radius 1 is 0.618 bits per heavy atom. The summed E-state index contributed by atoms with van der Waals surface area (Å²) in [7, 11) is 0. The van der Waals surface area contributed by atoms with Gasteiger partial charge in [-0.3, -0.25) is 4.79 Å². The second kappa shape index (κ2) is 10.1. The van der Waals surface area contributed by atoms with Crippen LogP contribution in [0.2, 0.25) is 0 Å². The topological polar surface area (TPSA) is 25.2 Å². The Kier molecular flexibility index (Phi) is 6.35. The van der Waals surface area contributed by atoms with E-state index in [9.17, 15) is 4.79 Å². The molecule has 5 rings (SSSR count). The molecule has 0 N–H and O–H groups in total. The van der Waals surface area contributed by atoms with Crippen molar-refractivity contribution in [2.45, 2.75) is 13.1 Å². The summed E-state index contributed by atoms with van der Waals surface area (Å²) in [5.74, 6) is 0.0102. The van der Waals surface area contributed by atoms with Gasteiger partial charge in [0.05, 0.1) is 11.3 Å². The fourth-order valence-corrected chi connectivity index (χ4v) is 4.31. The lowest BCUT2D eigenvalue weighted by molar-refractivity contribution is 0.0730. The summed E-state index contributed by atoms with van der Waals surface area (Å²) < 4.78 is 1.99. The van der Waals surface area contributed by atoms with Gasteiger partial charge in [-0.15, -0.1) is 0 Å². The number of nitrogens with zero attached hydrogens (tertiary/aromatic N) is 2. The van der Waals surface area contributed by atoms with E-state index >= 15 is 0 Å². The van der Waals surface area contributed by atoms with Gasteiger partial charge in [-0.1, -0.05) is 97.1 Å². The van der Waals surface area contributed by atoms with Gasteiger partial charge in [-0.25, -0.2) is 0 Å². The predicted octanol–water partition coefficient (Wildman–Crippen LogP) is 6.99. The fourth-order valence-electron chi connectivity index (χ4n) is 4.31. The van der Waals surface area contributed by atoms with Gasteiger partial charge < -0.3 is 9.47 Å². The van der Waals surface area contributed by atoms with E-state index in [4.69, 9.17) is 0 Å². The molecule has 0 aliphatic rings. The second-order valence-corrected chi connectivity index (χ2v) is 8.28. The van der Waals surface area contributed by atoms with E-state index in [-0.39, 0.29) is 5.91 Å². The molecule has 0 radical (unpaired) electrons. The van der Waals surface area contributed by atoms with Crippen LogP contribution in [0.5, 0.6) is 0 Å². The molecule has 34 heavy (non-hydrogen) atoms. The summed E-state index contributed by atoms with van der Waals surface area (Å²) in [6.45, 7) is 1.04. The van der Waals surface area contributed by atoms with Gasteiger partial charge >= 0.3 is 0 Å². The van der Waals surface area contributed by atoms with E-state index in [1.807, 2.05) is 101 Å². The molecule has 0 saturated carbocycles. The van der Waals surface area contributed by atoms with Crippen LogP contribution in [0, 0.1) is 0 Å². The van der Waals surface area contributed by atoms with Crippen molar-refractivity contribution in [2.24, 2.45) is 0 Å². The van der Waals surface area contributed by atoms with Crippen molar-refractivity contribution in [1.82, 2.24) is 9.47 Å². The van der Waals surface area contributed by atoms with Gasteiger partial charge in [-0.05, 0) is 46.5 Å². The van der Waals surface area contributed by atoms with Crippen LogP contribution in [-0.2, 0) is 13.1 Å². The van der Waals surface area contributed by atoms with Crippen molar-refractivity contribution in [2.75, 3.05) is 0 Å². The summed E-state index contributed by atoms with van der Waals surface area (Å²) in [6.07, 6.45) is 3.94. The van der Waals surface area contributed by atoms with Crippen molar-refractivity contribution in [3.05, 3.63) is 150 Å². The van der Waals surface area contributed by atoms with Crippen LogP contribution in [0.15, 0.2) is 134 Å². The molecule has 0 aliphatic carbocycles. The molecule has 5 aromatic rings. The number of benzene rings is 4. The van der Waals surface area contributed by atoms with Crippen LogP contribution < -0.4 is 0 Å². The van der Waals surface area contributed by atoms with E-state index < -0.39 is 0 Å². The zero-order valence-electron chi connectivity index (χ0n) is 18.9. The number of aromatic nitrogens is 1. The normalized spacial score (nSPS) is 10.7. The number of amides is 1. The highest BCUT2D eigenvalue weighted by Gasteiger charge is 2.21. The van der Waals surface area contributed by atoms with Crippen LogP contribution in [0.3, 0.4) is 0 Å². The summed E-state index contributed by atoms with van der Waals surface area (Å²) in [6, 6.07) is 40.6. The molecule has 1 heterocycles. The molecule has 0 bridgehead atoms. The monoisotopic (exact) mass is 442 g/mol. The number of carbonyl (C=O) groups excluding carboxylic acids is 1. The molecule has 0 aliphatic heterocycles. The smallest absolute Gasteiger partial charge is 0.256 e. The van der Waals surface area contributed by atoms with E-state index in [0.717, 1.165) is 27.9 Å². The average Bonchev–Trinajstić information content (AvgIpc) is 3.44. The Hall–Kier alpha value is -4.37. The number of hydrogen-bond acceptors (Lipinski definition) is 1. The number of rotatable bonds is 7. The molecule has 0 unspecified atom stereocenters. The predicted molar refractivity (Wildman–Crippen MR) is 138 cm³/mol. The van der Waals surface area contributed by atoms with E-state index in [2.05, 4.69) is 42.5 Å². The third kappa shape index (κ3) is 4.69. The summed E-state index contributed by atoms with van der Waals surface area (Å²) >= 11 is 0. The third-order valence-electron chi connectivity index (χ3n) is 5.98. The largest absolute Gasteiger partial charge is 0.330 e. The lowest BCUT2D eigenvalue weighted by atomic mass is 9.99. The highest BCUT2D eigenvalue weighted by atomic mass is 16.2. The molecular weight excluding hydrogens is 416 g/mol. The van der Waals surface area contributed by atoms with Crippen molar-refractivity contribution in [1.29, 1.82) is 0 Å². The molecule has 4 aromatic carbocycles. The first-order valence-electron chi connectivity index (χ1n) is 11.5. The van der Waals surface area contributed by atoms with Crippen LogP contribution in [0.1, 0.15) is 21.5 Å². The molecule has 3 heteroatoms. The Morgan fingerprint density at radius 3 is 2.00 bits per heavy atom. The van der Waals surface area contributed by atoms with Crippen LogP contribution >= 0.6 is 0 Å². The molecule has 0 saturated heterocycles. The minimum absolute atomic E-state index is 0.0102. The van der Waals surface area contributed by atoms with Crippen molar-refractivity contribution >= 4 is 5.91 Å². The first-order chi connectivity index (χ1) is 16.8. The SMILES string of the molecule is O=C(c1ccccc1-n1cccc1)N(Cc1ccccc1)Cc1ccccc1-c1ccccc1. The van der Waals surface area contributed by atoms with Crippen molar-refractivity contribution in [3.63, 3.8) is 0 Å². The van der Waals surface area contributed by atoms with Gasteiger partial charge in [0.15, 0.2) is 0 Å². The molecular formula is C31H26N2O. The first-order valence-corrected chi connectivity index (χ1v) is 11.5. The quantitative estimate of drug-likeness (QED) is 0.267. The second-order valence-electron chi connectivity index (χ2n) is 8.28. The minimum Gasteiger partial charge on any atom is -0.330 e. The van der Waals surface area contributed by atoms with Crippen molar-refractivity contribution < 1.29 is 4.79 Å². The molecule has 1 amide bonds. The molecule has 0 fully saturated rings.